The summed E-state index contributed by atoms with van der Waals surface area (Å²) in [5, 5.41) is 11.6. The number of ether oxygens (including phenoxy) is 1. The Hall–Kier alpha value is -1.03. The second-order valence-corrected chi connectivity index (χ2v) is 4.62. The van der Waals surface area contributed by atoms with Crippen LogP contribution in [0, 0.1) is 0 Å². The van der Waals surface area contributed by atoms with Crippen LogP contribution in [0.1, 0.15) is 40.5 Å². The van der Waals surface area contributed by atoms with E-state index in [1.165, 1.54) is 0 Å². The minimum atomic E-state index is -0.505. The highest BCUT2D eigenvalue weighted by Gasteiger charge is 2.16. The van der Waals surface area contributed by atoms with E-state index < -0.39 is 11.7 Å². The Labute approximate surface area is 91.3 Å². The van der Waals surface area contributed by atoms with E-state index in [1.54, 1.807) is 27.7 Å². The van der Waals surface area contributed by atoms with Gasteiger partial charge in [-0.3, -0.25) is 5.32 Å². The second-order valence-electron chi connectivity index (χ2n) is 4.62. The number of rotatable bonds is 4. The second kappa shape index (κ2) is 5.75. The van der Waals surface area contributed by atoms with Crippen LogP contribution in [0.5, 0.6) is 0 Å². The molecule has 2 N–H and O–H groups in total. The van der Waals surface area contributed by atoms with Crippen molar-refractivity contribution in [3.63, 3.8) is 0 Å². The monoisotopic (exact) mass is 215 g/mol. The maximum atomic E-state index is 11.3. The van der Waals surface area contributed by atoms with Crippen LogP contribution in [0.4, 0.5) is 4.79 Å². The van der Waals surface area contributed by atoms with Crippen LogP contribution >= 0.6 is 0 Å². The molecule has 1 unspecified atom stereocenters. The van der Waals surface area contributed by atoms with Gasteiger partial charge in [-0.1, -0.05) is 6.58 Å². The van der Waals surface area contributed by atoms with Gasteiger partial charge in [-0.15, -0.1) is 0 Å². The third-order valence-corrected chi connectivity index (χ3v) is 1.54. The SMILES string of the molecule is C=C(CCC(C)O)NC(=O)OC(C)(C)C. The molecule has 0 aliphatic rings. The first-order chi connectivity index (χ1) is 6.70. The van der Waals surface area contributed by atoms with Gasteiger partial charge < -0.3 is 9.84 Å². The zero-order valence-electron chi connectivity index (χ0n) is 9.96. The molecule has 0 aliphatic carbocycles. The summed E-state index contributed by atoms with van der Waals surface area (Å²) < 4.78 is 5.04. The Bertz CT molecular complexity index is 228. The quantitative estimate of drug-likeness (QED) is 0.755. The van der Waals surface area contributed by atoms with Crippen LogP contribution in [0.15, 0.2) is 12.3 Å². The molecule has 0 saturated heterocycles. The summed E-state index contributed by atoms with van der Waals surface area (Å²) >= 11 is 0. The number of allylic oxidation sites excluding steroid dienone is 1. The lowest BCUT2D eigenvalue weighted by Gasteiger charge is -2.20. The van der Waals surface area contributed by atoms with Gasteiger partial charge in [-0.25, -0.2) is 4.79 Å². The Morgan fingerprint density at radius 2 is 2.07 bits per heavy atom. The van der Waals surface area contributed by atoms with Crippen molar-refractivity contribution in [2.24, 2.45) is 0 Å². The van der Waals surface area contributed by atoms with E-state index in [-0.39, 0.29) is 6.10 Å². The van der Waals surface area contributed by atoms with Gasteiger partial charge in [0.05, 0.1) is 6.10 Å². The number of hydrogen-bond acceptors (Lipinski definition) is 3. The number of carbonyl (C=O) groups excluding carboxylic acids is 1. The smallest absolute Gasteiger partial charge is 0.411 e. The van der Waals surface area contributed by atoms with Crippen LogP contribution in [-0.4, -0.2) is 22.9 Å². The van der Waals surface area contributed by atoms with Crippen LogP contribution in [0.25, 0.3) is 0 Å². The predicted molar refractivity (Wildman–Crippen MR) is 59.4 cm³/mol. The zero-order chi connectivity index (χ0) is 12.1. The van der Waals surface area contributed by atoms with Crippen LogP contribution in [0.2, 0.25) is 0 Å². The molecule has 0 aromatic carbocycles. The molecule has 0 fully saturated rings. The van der Waals surface area contributed by atoms with Crippen molar-refractivity contribution >= 4 is 6.09 Å². The third kappa shape index (κ3) is 9.28. The fourth-order valence-electron chi connectivity index (χ4n) is 0.894. The first-order valence-corrected chi connectivity index (χ1v) is 5.06. The van der Waals surface area contributed by atoms with Crippen LogP contribution in [0.3, 0.4) is 0 Å². The van der Waals surface area contributed by atoms with Gasteiger partial charge in [-0.05, 0) is 40.5 Å². The largest absolute Gasteiger partial charge is 0.444 e. The molecular weight excluding hydrogens is 194 g/mol. The van der Waals surface area contributed by atoms with Crippen molar-refractivity contribution in [3.8, 4) is 0 Å². The molecule has 0 aromatic rings. The minimum Gasteiger partial charge on any atom is -0.444 e. The highest BCUT2D eigenvalue weighted by Crippen LogP contribution is 2.08. The maximum absolute atomic E-state index is 11.3. The molecule has 0 saturated carbocycles. The maximum Gasteiger partial charge on any atom is 0.411 e. The summed E-state index contributed by atoms with van der Waals surface area (Å²) in [7, 11) is 0. The average Bonchev–Trinajstić information content (AvgIpc) is 1.96. The molecule has 0 aliphatic heterocycles. The van der Waals surface area contributed by atoms with Gasteiger partial charge >= 0.3 is 6.09 Å². The highest BCUT2D eigenvalue weighted by molar-refractivity contribution is 5.69. The molecule has 4 nitrogen and oxygen atoms in total. The van der Waals surface area contributed by atoms with E-state index in [9.17, 15) is 4.79 Å². The third-order valence-electron chi connectivity index (χ3n) is 1.54. The summed E-state index contributed by atoms with van der Waals surface area (Å²) in [6, 6.07) is 0. The molecule has 0 rings (SSSR count). The molecule has 88 valence electrons. The number of alkyl carbamates (subject to hydrolysis) is 1. The Morgan fingerprint density at radius 3 is 2.47 bits per heavy atom. The molecule has 15 heavy (non-hydrogen) atoms. The van der Waals surface area contributed by atoms with Gasteiger partial charge in [0.2, 0.25) is 0 Å². The first kappa shape index (κ1) is 14.0. The molecule has 1 atom stereocenters. The summed E-state index contributed by atoms with van der Waals surface area (Å²) in [6.07, 6.45) is 0.242. The van der Waals surface area contributed by atoms with Crippen molar-refractivity contribution in [1.82, 2.24) is 5.32 Å². The lowest BCUT2D eigenvalue weighted by Crippen LogP contribution is -2.32. The topological polar surface area (TPSA) is 58.6 Å². The Morgan fingerprint density at radius 1 is 1.53 bits per heavy atom. The molecule has 1 amide bonds. The summed E-state index contributed by atoms with van der Waals surface area (Å²) in [4.78, 5) is 11.3. The normalized spacial score (nSPS) is 13.1. The van der Waals surface area contributed by atoms with Crippen molar-refractivity contribution in [1.29, 1.82) is 0 Å². The van der Waals surface area contributed by atoms with Gasteiger partial charge in [0.25, 0.3) is 0 Å². The average molecular weight is 215 g/mol. The molecule has 0 bridgehead atoms. The van der Waals surface area contributed by atoms with Crippen molar-refractivity contribution < 1.29 is 14.6 Å². The van der Waals surface area contributed by atoms with E-state index in [4.69, 9.17) is 9.84 Å². The van der Waals surface area contributed by atoms with Crippen molar-refractivity contribution in [2.45, 2.75) is 52.2 Å². The van der Waals surface area contributed by atoms with E-state index in [0.717, 1.165) is 0 Å². The Balaban J connectivity index is 3.82. The summed E-state index contributed by atoms with van der Waals surface area (Å²) in [5.74, 6) is 0. The number of aliphatic hydroxyl groups is 1. The number of carbonyl (C=O) groups is 1. The summed E-state index contributed by atoms with van der Waals surface area (Å²) in [6.45, 7) is 10.8. The lowest BCUT2D eigenvalue weighted by atomic mass is 10.2. The predicted octanol–water partition coefficient (Wildman–Crippen LogP) is 2.19. The number of nitrogens with one attached hydrogen (secondary N) is 1. The van der Waals surface area contributed by atoms with Crippen molar-refractivity contribution in [3.05, 3.63) is 12.3 Å². The Kier molecular flexibility index (Phi) is 5.36. The van der Waals surface area contributed by atoms with E-state index in [0.29, 0.717) is 18.5 Å². The lowest BCUT2D eigenvalue weighted by molar-refractivity contribution is 0.0542. The molecule has 4 heteroatoms. The molecule has 0 radical (unpaired) electrons. The standard InChI is InChI=1S/C11H21NO3/c1-8(6-7-9(2)13)12-10(14)15-11(3,4)5/h9,13H,1,6-7H2,2-5H3,(H,12,14). The highest BCUT2D eigenvalue weighted by atomic mass is 16.6. The fraction of sp³-hybridized carbons (Fsp3) is 0.727. The molecule has 0 heterocycles. The number of hydrogen-bond donors (Lipinski definition) is 2. The molecule has 0 aromatic heterocycles. The summed E-state index contributed by atoms with van der Waals surface area (Å²) in [5.41, 5.74) is 0.0550. The van der Waals surface area contributed by atoms with Gasteiger partial charge in [-0.2, -0.15) is 0 Å². The van der Waals surface area contributed by atoms with Crippen molar-refractivity contribution in [2.75, 3.05) is 0 Å². The minimum absolute atomic E-state index is 0.387. The van der Waals surface area contributed by atoms with E-state index >= 15 is 0 Å². The van der Waals surface area contributed by atoms with Gasteiger partial charge in [0.15, 0.2) is 0 Å². The van der Waals surface area contributed by atoms with Gasteiger partial charge in [0.1, 0.15) is 5.60 Å². The first-order valence-electron chi connectivity index (χ1n) is 5.06. The zero-order valence-corrected chi connectivity index (χ0v) is 9.96. The van der Waals surface area contributed by atoms with E-state index in [1.807, 2.05) is 0 Å². The van der Waals surface area contributed by atoms with Crippen LogP contribution in [-0.2, 0) is 4.74 Å². The number of amides is 1. The fourth-order valence-corrected chi connectivity index (χ4v) is 0.894. The number of aliphatic hydroxyl groups excluding tert-OH is 1. The van der Waals surface area contributed by atoms with E-state index in [2.05, 4.69) is 11.9 Å². The van der Waals surface area contributed by atoms with Gasteiger partial charge in [0, 0.05) is 5.70 Å². The molecule has 0 spiro atoms. The molecular formula is C11H21NO3. The van der Waals surface area contributed by atoms with Crippen LogP contribution < -0.4 is 5.32 Å².